The van der Waals surface area contributed by atoms with Crippen LogP contribution < -0.4 is 15.8 Å². The number of carbonyl (C=O) groups excluding carboxylic acids is 2. The molecule has 4 fully saturated rings. The molecule has 0 heterocycles. The fraction of sp³-hybridized carbons (Fsp3) is 0.619. The number of primary amides is 1. The average molecular weight is 391 g/mol. The van der Waals surface area contributed by atoms with E-state index in [1.54, 1.807) is 12.1 Å². The number of nitrogens with one attached hydrogen (secondary N) is 1. The van der Waals surface area contributed by atoms with Gasteiger partial charge in [0.1, 0.15) is 5.75 Å². The second-order valence-corrected chi connectivity index (χ2v) is 9.30. The van der Waals surface area contributed by atoms with Gasteiger partial charge in [-0.05, 0) is 86.8 Å². The van der Waals surface area contributed by atoms with Gasteiger partial charge in [0.15, 0.2) is 6.61 Å². The molecule has 5 rings (SSSR count). The lowest BCUT2D eigenvalue weighted by Gasteiger charge is -2.59. The first-order valence-corrected chi connectivity index (χ1v) is 10.2. The fourth-order valence-electron chi connectivity index (χ4n) is 6.11. The van der Waals surface area contributed by atoms with Crippen LogP contribution in [0, 0.1) is 23.2 Å². The highest BCUT2D eigenvalue weighted by Crippen LogP contribution is 2.61. The molecule has 1 aromatic rings. The molecule has 27 heavy (non-hydrogen) atoms. The summed E-state index contributed by atoms with van der Waals surface area (Å²) in [6.45, 7) is 2.00. The summed E-state index contributed by atoms with van der Waals surface area (Å²) in [5.41, 5.74) is 5.80. The van der Waals surface area contributed by atoms with E-state index in [0.717, 1.165) is 17.8 Å². The monoisotopic (exact) mass is 390 g/mol. The fourth-order valence-corrected chi connectivity index (χ4v) is 6.28. The molecule has 0 saturated heterocycles. The predicted molar refractivity (Wildman–Crippen MR) is 104 cm³/mol. The van der Waals surface area contributed by atoms with Crippen molar-refractivity contribution in [2.75, 3.05) is 6.61 Å². The smallest absolute Gasteiger partial charge is 0.258 e. The number of ether oxygens (including phenoxy) is 1. The third kappa shape index (κ3) is 3.66. The maximum Gasteiger partial charge on any atom is 0.258 e. The molecule has 6 heteroatoms. The standard InChI is InChI=1S/C21H27ClN2O3/c1-12(21-8-13-4-14(9-21)6-15(5-13)10-21)24-19(25)11-27-18-3-2-16(22)7-17(18)20(23)26/h2-3,7,12-15H,4-6,8-11H2,1H3,(H2,23,26)(H,24,25). The van der Waals surface area contributed by atoms with Gasteiger partial charge in [-0.1, -0.05) is 11.6 Å². The van der Waals surface area contributed by atoms with E-state index < -0.39 is 5.91 Å². The highest BCUT2D eigenvalue weighted by atomic mass is 35.5. The van der Waals surface area contributed by atoms with Crippen LogP contribution in [0.5, 0.6) is 5.75 Å². The molecule has 2 amide bonds. The number of nitrogens with two attached hydrogens (primary N) is 1. The lowest BCUT2D eigenvalue weighted by molar-refractivity contribution is -0.127. The van der Waals surface area contributed by atoms with Crippen LogP contribution in [0.25, 0.3) is 0 Å². The SMILES string of the molecule is CC(NC(=O)COc1ccc(Cl)cc1C(N)=O)C12CC3CC(CC(C3)C1)C2. The van der Waals surface area contributed by atoms with Gasteiger partial charge in [-0.25, -0.2) is 0 Å². The van der Waals surface area contributed by atoms with Crippen molar-refractivity contribution >= 4 is 23.4 Å². The Morgan fingerprint density at radius 3 is 2.37 bits per heavy atom. The zero-order valence-electron chi connectivity index (χ0n) is 15.7. The Morgan fingerprint density at radius 1 is 1.22 bits per heavy atom. The Kier molecular flexibility index (Phi) is 4.83. The molecular weight excluding hydrogens is 364 g/mol. The Balaban J connectivity index is 1.37. The number of carbonyl (C=O) groups is 2. The van der Waals surface area contributed by atoms with E-state index >= 15 is 0 Å². The molecule has 3 N–H and O–H groups in total. The van der Waals surface area contributed by atoms with E-state index in [1.807, 2.05) is 0 Å². The maximum absolute atomic E-state index is 12.5. The minimum atomic E-state index is -0.630. The normalized spacial score (nSPS) is 32.1. The van der Waals surface area contributed by atoms with Crippen LogP contribution in [-0.2, 0) is 4.79 Å². The quantitative estimate of drug-likeness (QED) is 0.779. The van der Waals surface area contributed by atoms with Crippen LogP contribution in [0.3, 0.4) is 0 Å². The number of hydrogen-bond donors (Lipinski definition) is 2. The van der Waals surface area contributed by atoms with E-state index in [0.29, 0.717) is 5.02 Å². The number of hydrogen-bond acceptors (Lipinski definition) is 3. The minimum Gasteiger partial charge on any atom is -0.483 e. The maximum atomic E-state index is 12.5. The predicted octanol–water partition coefficient (Wildman–Crippen LogP) is 3.54. The molecule has 1 aromatic carbocycles. The first-order valence-electron chi connectivity index (χ1n) is 9.86. The molecule has 5 nitrogen and oxygen atoms in total. The second-order valence-electron chi connectivity index (χ2n) is 8.86. The van der Waals surface area contributed by atoms with E-state index in [2.05, 4.69) is 12.2 Å². The third-order valence-corrected chi connectivity index (χ3v) is 7.18. The van der Waals surface area contributed by atoms with Crippen molar-refractivity contribution in [3.63, 3.8) is 0 Å². The Bertz CT molecular complexity index is 729. The van der Waals surface area contributed by atoms with Gasteiger partial charge in [-0.15, -0.1) is 0 Å². The van der Waals surface area contributed by atoms with Gasteiger partial charge in [-0.2, -0.15) is 0 Å². The van der Waals surface area contributed by atoms with Crippen LogP contribution in [0.1, 0.15) is 55.8 Å². The van der Waals surface area contributed by atoms with Crippen molar-refractivity contribution in [3.8, 4) is 5.75 Å². The van der Waals surface area contributed by atoms with E-state index in [-0.39, 0.29) is 35.3 Å². The molecule has 4 aliphatic rings. The van der Waals surface area contributed by atoms with Gasteiger partial charge in [-0.3, -0.25) is 9.59 Å². The zero-order valence-corrected chi connectivity index (χ0v) is 16.4. The van der Waals surface area contributed by atoms with E-state index in [1.165, 1.54) is 44.6 Å². The van der Waals surface area contributed by atoms with Gasteiger partial charge in [0, 0.05) is 11.1 Å². The molecule has 0 spiro atoms. The summed E-state index contributed by atoms with van der Waals surface area (Å²) in [5, 5.41) is 3.56. The molecule has 0 aromatic heterocycles. The van der Waals surface area contributed by atoms with Gasteiger partial charge < -0.3 is 15.8 Å². The van der Waals surface area contributed by atoms with E-state index in [9.17, 15) is 9.59 Å². The van der Waals surface area contributed by atoms with E-state index in [4.69, 9.17) is 22.1 Å². The highest BCUT2D eigenvalue weighted by Gasteiger charge is 2.53. The van der Waals surface area contributed by atoms with Crippen LogP contribution in [0.15, 0.2) is 18.2 Å². The molecule has 4 aliphatic carbocycles. The molecule has 1 atom stereocenters. The summed E-state index contributed by atoms with van der Waals surface area (Å²) in [6, 6.07) is 4.77. The first kappa shape index (κ1) is 18.6. The van der Waals surface area contributed by atoms with Gasteiger partial charge in [0.2, 0.25) is 0 Å². The van der Waals surface area contributed by atoms with Crippen LogP contribution in [0.4, 0.5) is 0 Å². The van der Waals surface area contributed by atoms with Crippen LogP contribution >= 0.6 is 11.6 Å². The summed E-state index contributed by atoms with van der Waals surface area (Å²) in [4.78, 5) is 24.0. The third-order valence-electron chi connectivity index (χ3n) is 6.95. The lowest BCUT2D eigenvalue weighted by Crippen LogP contribution is -2.56. The van der Waals surface area contributed by atoms with Crippen molar-refractivity contribution in [1.82, 2.24) is 5.32 Å². The van der Waals surface area contributed by atoms with Crippen molar-refractivity contribution in [2.45, 2.75) is 51.5 Å². The summed E-state index contributed by atoms with van der Waals surface area (Å²) in [5.74, 6) is 2.03. The molecule has 0 aliphatic heterocycles. The largest absolute Gasteiger partial charge is 0.483 e. The summed E-state index contributed by atoms with van der Waals surface area (Å²) < 4.78 is 5.56. The topological polar surface area (TPSA) is 81.4 Å². The molecule has 146 valence electrons. The lowest BCUT2D eigenvalue weighted by atomic mass is 9.48. The Morgan fingerprint density at radius 2 is 1.81 bits per heavy atom. The Hall–Kier alpha value is -1.75. The van der Waals surface area contributed by atoms with Crippen LogP contribution in [-0.4, -0.2) is 24.5 Å². The Labute approximate surface area is 165 Å². The summed E-state index contributed by atoms with van der Waals surface area (Å²) in [7, 11) is 0. The number of rotatable bonds is 6. The van der Waals surface area contributed by atoms with Crippen molar-refractivity contribution in [1.29, 1.82) is 0 Å². The van der Waals surface area contributed by atoms with Gasteiger partial charge >= 0.3 is 0 Å². The summed E-state index contributed by atoms with van der Waals surface area (Å²) >= 11 is 5.90. The van der Waals surface area contributed by atoms with Crippen molar-refractivity contribution in [2.24, 2.45) is 28.9 Å². The van der Waals surface area contributed by atoms with Crippen LogP contribution in [0.2, 0.25) is 5.02 Å². The molecule has 1 unspecified atom stereocenters. The number of benzene rings is 1. The zero-order chi connectivity index (χ0) is 19.2. The highest BCUT2D eigenvalue weighted by molar-refractivity contribution is 6.31. The van der Waals surface area contributed by atoms with Gasteiger partial charge in [0.05, 0.1) is 5.56 Å². The number of halogens is 1. The van der Waals surface area contributed by atoms with Gasteiger partial charge in [0.25, 0.3) is 11.8 Å². The molecule has 0 radical (unpaired) electrons. The minimum absolute atomic E-state index is 0.140. The average Bonchev–Trinajstić information content (AvgIpc) is 2.59. The van der Waals surface area contributed by atoms with Crippen molar-refractivity contribution in [3.05, 3.63) is 28.8 Å². The second kappa shape index (κ2) is 7.01. The molecule has 4 bridgehead atoms. The molecular formula is C21H27ClN2O3. The molecule has 4 saturated carbocycles. The first-order chi connectivity index (χ1) is 12.8. The summed E-state index contributed by atoms with van der Waals surface area (Å²) in [6.07, 6.45) is 7.87. The van der Waals surface area contributed by atoms with Crippen molar-refractivity contribution < 1.29 is 14.3 Å². The number of amides is 2.